The van der Waals surface area contributed by atoms with E-state index in [1.54, 1.807) is 4.90 Å². The number of benzene rings is 3. The van der Waals surface area contributed by atoms with Crippen LogP contribution in [0.15, 0.2) is 77.3 Å². The first-order valence-corrected chi connectivity index (χ1v) is 13.8. The summed E-state index contributed by atoms with van der Waals surface area (Å²) in [6.07, 6.45) is 4.66. The summed E-state index contributed by atoms with van der Waals surface area (Å²) in [4.78, 5) is 29.2. The first kappa shape index (κ1) is 26.9. The number of halogens is 1. The highest BCUT2D eigenvalue weighted by atomic mass is 79.9. The number of ether oxygens (including phenoxy) is 1. The van der Waals surface area contributed by atoms with Crippen molar-refractivity contribution in [3.8, 4) is 5.75 Å². The second kappa shape index (κ2) is 12.9. The molecule has 4 rings (SSSR count). The van der Waals surface area contributed by atoms with Crippen LogP contribution in [0, 0.1) is 13.8 Å². The Morgan fingerprint density at radius 2 is 1.68 bits per heavy atom. The van der Waals surface area contributed by atoms with E-state index in [0.29, 0.717) is 18.7 Å². The maximum atomic E-state index is 13.8. The van der Waals surface area contributed by atoms with Crippen LogP contribution < -0.4 is 10.1 Å². The van der Waals surface area contributed by atoms with Gasteiger partial charge in [0.25, 0.3) is 5.91 Å². The summed E-state index contributed by atoms with van der Waals surface area (Å²) in [7, 11) is 0. The molecule has 0 radical (unpaired) electrons. The van der Waals surface area contributed by atoms with Crippen molar-refractivity contribution in [1.82, 2.24) is 10.2 Å². The van der Waals surface area contributed by atoms with Crippen molar-refractivity contribution in [3.05, 3.63) is 99.5 Å². The van der Waals surface area contributed by atoms with E-state index in [2.05, 4.69) is 21.2 Å². The van der Waals surface area contributed by atoms with Crippen LogP contribution in [0.2, 0.25) is 0 Å². The Morgan fingerprint density at radius 1 is 0.973 bits per heavy atom. The molecular weight excluding hydrogens is 528 g/mol. The summed E-state index contributed by atoms with van der Waals surface area (Å²) >= 11 is 3.48. The molecule has 37 heavy (non-hydrogen) atoms. The third-order valence-electron chi connectivity index (χ3n) is 6.93. The zero-order valence-corrected chi connectivity index (χ0v) is 23.2. The Bertz CT molecular complexity index is 1190. The van der Waals surface area contributed by atoms with E-state index in [4.69, 9.17) is 4.74 Å². The Hall–Kier alpha value is -3.12. The van der Waals surface area contributed by atoms with Gasteiger partial charge in [-0.25, -0.2) is 0 Å². The summed E-state index contributed by atoms with van der Waals surface area (Å²) in [6.45, 7) is 4.14. The molecule has 1 N–H and O–H groups in total. The van der Waals surface area contributed by atoms with Crippen molar-refractivity contribution >= 4 is 27.7 Å². The molecule has 0 aromatic heterocycles. The molecule has 0 spiro atoms. The molecular formula is C31H35BrN2O3. The lowest BCUT2D eigenvalue weighted by molar-refractivity contribution is -0.143. The van der Waals surface area contributed by atoms with Gasteiger partial charge >= 0.3 is 0 Å². The van der Waals surface area contributed by atoms with Gasteiger partial charge in [0, 0.05) is 23.5 Å². The molecule has 0 bridgehead atoms. The van der Waals surface area contributed by atoms with Crippen molar-refractivity contribution in [1.29, 1.82) is 0 Å². The van der Waals surface area contributed by atoms with E-state index in [1.807, 2.05) is 86.6 Å². The quantitative estimate of drug-likeness (QED) is 0.322. The van der Waals surface area contributed by atoms with E-state index < -0.39 is 6.04 Å². The molecule has 0 heterocycles. The highest BCUT2D eigenvalue weighted by Gasteiger charge is 2.32. The summed E-state index contributed by atoms with van der Waals surface area (Å²) in [5, 5.41) is 3.24. The van der Waals surface area contributed by atoms with Gasteiger partial charge in [0.1, 0.15) is 11.8 Å². The summed E-state index contributed by atoms with van der Waals surface area (Å²) in [6, 6.07) is 23.2. The zero-order valence-electron chi connectivity index (χ0n) is 21.6. The molecule has 3 aromatic rings. The molecule has 6 heteroatoms. The van der Waals surface area contributed by atoms with Gasteiger partial charge in [-0.3, -0.25) is 9.59 Å². The van der Waals surface area contributed by atoms with E-state index in [1.165, 1.54) is 0 Å². The normalized spacial score (nSPS) is 14.2. The van der Waals surface area contributed by atoms with Crippen molar-refractivity contribution < 1.29 is 14.3 Å². The van der Waals surface area contributed by atoms with Gasteiger partial charge in [-0.05, 0) is 67.1 Å². The third-order valence-corrected chi connectivity index (χ3v) is 7.46. The van der Waals surface area contributed by atoms with Gasteiger partial charge in [-0.15, -0.1) is 0 Å². The minimum Gasteiger partial charge on any atom is -0.483 e. The van der Waals surface area contributed by atoms with Crippen molar-refractivity contribution in [2.75, 3.05) is 6.61 Å². The predicted molar refractivity (Wildman–Crippen MR) is 150 cm³/mol. The van der Waals surface area contributed by atoms with Gasteiger partial charge in [-0.1, -0.05) is 83.4 Å². The largest absolute Gasteiger partial charge is 0.483 e. The van der Waals surface area contributed by atoms with E-state index >= 15 is 0 Å². The lowest BCUT2D eigenvalue weighted by Gasteiger charge is -2.32. The Kier molecular flexibility index (Phi) is 9.40. The van der Waals surface area contributed by atoms with Crippen LogP contribution in [0.1, 0.15) is 47.9 Å². The molecule has 0 saturated heterocycles. The molecule has 1 aliphatic carbocycles. The molecule has 2 amide bonds. The Morgan fingerprint density at radius 3 is 2.38 bits per heavy atom. The SMILES string of the molecule is Cc1ccc(C)c(OCC(=O)N(Cc2ccc(Br)cc2)[C@H](Cc2ccccc2)C(=O)NC2CCCC2)c1. The van der Waals surface area contributed by atoms with Crippen LogP contribution >= 0.6 is 15.9 Å². The van der Waals surface area contributed by atoms with Gasteiger partial charge in [0.15, 0.2) is 6.61 Å². The predicted octanol–water partition coefficient (Wildman–Crippen LogP) is 6.14. The Balaban J connectivity index is 1.62. The minimum absolute atomic E-state index is 0.104. The van der Waals surface area contributed by atoms with Crippen LogP contribution in [0.4, 0.5) is 0 Å². The third kappa shape index (κ3) is 7.68. The standard InChI is InChI=1S/C31H35BrN2O3/c1-22-12-13-23(2)29(18-22)37-21-30(35)34(20-25-14-16-26(32)17-15-25)28(19-24-8-4-3-5-9-24)31(36)33-27-10-6-7-11-27/h3-5,8-9,12-18,27-28H,6-7,10-11,19-21H2,1-2H3,(H,33,36)/t28-/m1/s1. The molecule has 1 atom stereocenters. The van der Waals surface area contributed by atoms with Crippen molar-refractivity contribution in [2.45, 2.75) is 64.6 Å². The Labute approximate surface area is 228 Å². The summed E-state index contributed by atoms with van der Waals surface area (Å²) < 4.78 is 6.97. The molecule has 0 unspecified atom stereocenters. The van der Waals surface area contributed by atoms with Crippen molar-refractivity contribution in [2.24, 2.45) is 0 Å². The average Bonchev–Trinajstić information content (AvgIpc) is 3.41. The van der Waals surface area contributed by atoms with E-state index in [0.717, 1.165) is 52.4 Å². The second-order valence-corrected chi connectivity index (χ2v) is 10.8. The first-order valence-electron chi connectivity index (χ1n) is 13.0. The van der Waals surface area contributed by atoms with E-state index in [-0.39, 0.29) is 24.5 Å². The number of hydrogen-bond donors (Lipinski definition) is 1. The molecule has 0 aliphatic heterocycles. The number of nitrogens with zero attached hydrogens (tertiary/aromatic N) is 1. The highest BCUT2D eigenvalue weighted by molar-refractivity contribution is 9.10. The first-order chi connectivity index (χ1) is 17.9. The molecule has 3 aromatic carbocycles. The number of carbonyl (C=O) groups is 2. The highest BCUT2D eigenvalue weighted by Crippen LogP contribution is 2.22. The lowest BCUT2D eigenvalue weighted by Crippen LogP contribution is -2.53. The van der Waals surface area contributed by atoms with Gasteiger partial charge < -0.3 is 15.0 Å². The fourth-order valence-corrected chi connectivity index (χ4v) is 5.06. The number of rotatable bonds is 10. The van der Waals surface area contributed by atoms with E-state index in [9.17, 15) is 9.59 Å². The number of amides is 2. The fraction of sp³-hybridized carbons (Fsp3) is 0.355. The number of aryl methyl sites for hydroxylation is 2. The van der Waals surface area contributed by atoms with Gasteiger partial charge in [-0.2, -0.15) is 0 Å². The monoisotopic (exact) mass is 562 g/mol. The maximum Gasteiger partial charge on any atom is 0.261 e. The van der Waals surface area contributed by atoms with Crippen LogP contribution in [-0.2, 0) is 22.6 Å². The molecule has 1 saturated carbocycles. The average molecular weight is 564 g/mol. The van der Waals surface area contributed by atoms with Crippen LogP contribution in [0.25, 0.3) is 0 Å². The number of carbonyl (C=O) groups excluding carboxylic acids is 2. The summed E-state index contributed by atoms with van der Waals surface area (Å²) in [5.74, 6) is 0.367. The lowest BCUT2D eigenvalue weighted by atomic mass is 10.0. The fourth-order valence-electron chi connectivity index (χ4n) is 4.79. The number of hydrogen-bond acceptors (Lipinski definition) is 3. The molecule has 5 nitrogen and oxygen atoms in total. The smallest absolute Gasteiger partial charge is 0.261 e. The molecule has 1 aliphatic rings. The van der Waals surface area contributed by atoms with Gasteiger partial charge in [0.2, 0.25) is 5.91 Å². The second-order valence-electron chi connectivity index (χ2n) is 9.90. The van der Waals surface area contributed by atoms with Crippen LogP contribution in [-0.4, -0.2) is 35.4 Å². The van der Waals surface area contributed by atoms with Gasteiger partial charge in [0.05, 0.1) is 0 Å². The number of nitrogens with one attached hydrogen (secondary N) is 1. The molecule has 1 fully saturated rings. The molecule has 194 valence electrons. The maximum absolute atomic E-state index is 13.8. The van der Waals surface area contributed by atoms with Crippen LogP contribution in [0.3, 0.4) is 0 Å². The topological polar surface area (TPSA) is 58.6 Å². The summed E-state index contributed by atoms with van der Waals surface area (Å²) in [5.41, 5.74) is 4.00. The minimum atomic E-state index is -0.652. The van der Waals surface area contributed by atoms with Crippen LogP contribution in [0.5, 0.6) is 5.75 Å². The van der Waals surface area contributed by atoms with Crippen molar-refractivity contribution in [3.63, 3.8) is 0 Å². The zero-order chi connectivity index (χ0) is 26.2.